The van der Waals surface area contributed by atoms with E-state index < -0.39 is 11.7 Å². The predicted molar refractivity (Wildman–Crippen MR) is 125 cm³/mol. The van der Waals surface area contributed by atoms with Crippen LogP contribution in [-0.2, 0) is 13.2 Å². The number of rotatable bonds is 7. The Bertz CT molecular complexity index is 1220. The van der Waals surface area contributed by atoms with Crippen molar-refractivity contribution in [2.24, 2.45) is 12.5 Å². The Hall–Kier alpha value is -2.59. The number of hydrogen-bond donors (Lipinski definition) is 1. The van der Waals surface area contributed by atoms with Crippen LogP contribution in [0.1, 0.15) is 36.3 Å². The maximum atomic E-state index is 12.8. The number of benzene rings is 1. The third-order valence-corrected chi connectivity index (χ3v) is 8.12. The van der Waals surface area contributed by atoms with Gasteiger partial charge in [-0.25, -0.2) is 0 Å². The Morgan fingerprint density at radius 2 is 2.00 bits per heavy atom. The third-order valence-electron chi connectivity index (χ3n) is 7.01. The lowest BCUT2D eigenvalue weighted by Crippen LogP contribution is -2.23. The molecule has 180 valence electrons. The van der Waals surface area contributed by atoms with Gasteiger partial charge in [-0.05, 0) is 67.4 Å². The van der Waals surface area contributed by atoms with Crippen LogP contribution in [-0.4, -0.2) is 50.0 Å². The number of aromatic nitrogens is 4. The van der Waals surface area contributed by atoms with E-state index in [1.54, 1.807) is 36.2 Å². The molecule has 2 fully saturated rings. The van der Waals surface area contributed by atoms with Crippen molar-refractivity contribution < 1.29 is 13.2 Å². The van der Waals surface area contributed by atoms with E-state index in [1.807, 2.05) is 11.6 Å². The van der Waals surface area contributed by atoms with Gasteiger partial charge in [0.15, 0.2) is 11.0 Å². The van der Waals surface area contributed by atoms with Gasteiger partial charge in [-0.1, -0.05) is 23.9 Å². The fourth-order valence-corrected chi connectivity index (χ4v) is 5.91. The van der Waals surface area contributed by atoms with Crippen molar-refractivity contribution in [2.45, 2.75) is 36.5 Å². The SMILES string of the molecule is Cn1c(SCCCN2CCC3(CC3c3ccc(C(F)(F)F)cc3)C2)nnc1-c1cc[nH]c(=O)c1. The minimum atomic E-state index is -4.28. The summed E-state index contributed by atoms with van der Waals surface area (Å²) in [7, 11) is 1.90. The molecule has 1 saturated carbocycles. The number of aromatic amines is 1. The molecule has 2 unspecified atom stereocenters. The summed E-state index contributed by atoms with van der Waals surface area (Å²) in [6, 6.07) is 9.04. The second-order valence-corrected chi connectivity index (χ2v) is 10.3. The summed E-state index contributed by atoms with van der Waals surface area (Å²) >= 11 is 1.65. The lowest BCUT2D eigenvalue weighted by atomic mass is 9.97. The van der Waals surface area contributed by atoms with Crippen molar-refractivity contribution in [2.75, 3.05) is 25.4 Å². The summed E-state index contributed by atoms with van der Waals surface area (Å²) in [5.74, 6) is 1.95. The lowest BCUT2D eigenvalue weighted by molar-refractivity contribution is -0.137. The first-order valence-electron chi connectivity index (χ1n) is 11.4. The maximum absolute atomic E-state index is 12.8. The molecule has 0 bridgehead atoms. The van der Waals surface area contributed by atoms with Gasteiger partial charge in [0, 0.05) is 37.2 Å². The molecule has 0 radical (unpaired) electrons. The quantitative estimate of drug-likeness (QED) is 0.390. The van der Waals surface area contributed by atoms with E-state index in [0.29, 0.717) is 11.7 Å². The van der Waals surface area contributed by atoms with E-state index in [9.17, 15) is 18.0 Å². The standard InChI is InChI=1S/C24H26F3N5OS/c1-31-21(17-7-9-28-20(33)13-17)29-30-22(31)34-12-2-10-32-11-8-23(15-32)14-19(23)16-3-5-18(6-4-16)24(25,26)27/h3-7,9,13,19H,2,8,10-12,14-15H2,1H3,(H,28,33). The molecule has 34 heavy (non-hydrogen) atoms. The average molecular weight is 490 g/mol. The number of thioether (sulfide) groups is 1. The normalized spacial score (nSPS) is 22.5. The van der Waals surface area contributed by atoms with Gasteiger partial charge in [-0.3, -0.25) is 4.79 Å². The predicted octanol–water partition coefficient (Wildman–Crippen LogP) is 4.55. The minimum Gasteiger partial charge on any atom is -0.329 e. The zero-order valence-electron chi connectivity index (χ0n) is 18.8. The number of pyridine rings is 1. The summed E-state index contributed by atoms with van der Waals surface area (Å²) in [5.41, 5.74) is 1.25. The third kappa shape index (κ3) is 4.65. The molecule has 10 heteroatoms. The van der Waals surface area contributed by atoms with Crippen molar-refractivity contribution in [1.29, 1.82) is 0 Å². The molecule has 1 aliphatic carbocycles. The molecular formula is C24H26F3N5OS. The highest BCUT2D eigenvalue weighted by molar-refractivity contribution is 7.99. The van der Waals surface area contributed by atoms with E-state index in [2.05, 4.69) is 20.1 Å². The van der Waals surface area contributed by atoms with Crippen LogP contribution in [0.3, 0.4) is 0 Å². The van der Waals surface area contributed by atoms with Crippen LogP contribution in [0.25, 0.3) is 11.4 Å². The van der Waals surface area contributed by atoms with Crippen LogP contribution >= 0.6 is 11.8 Å². The van der Waals surface area contributed by atoms with E-state index in [-0.39, 0.29) is 11.0 Å². The van der Waals surface area contributed by atoms with Crippen LogP contribution in [0.5, 0.6) is 0 Å². The van der Waals surface area contributed by atoms with Gasteiger partial charge in [0.2, 0.25) is 5.56 Å². The van der Waals surface area contributed by atoms with Crippen molar-refractivity contribution in [3.05, 3.63) is 64.1 Å². The van der Waals surface area contributed by atoms with Crippen molar-refractivity contribution >= 4 is 11.8 Å². The fraction of sp³-hybridized carbons (Fsp3) is 0.458. The molecule has 1 aliphatic heterocycles. The molecule has 2 aromatic heterocycles. The number of nitrogens with zero attached hydrogens (tertiary/aromatic N) is 4. The van der Waals surface area contributed by atoms with Gasteiger partial charge in [-0.15, -0.1) is 10.2 Å². The Balaban J connectivity index is 1.09. The summed E-state index contributed by atoms with van der Waals surface area (Å²) in [6.07, 6.45) is 0.500. The van der Waals surface area contributed by atoms with Crippen LogP contribution in [0, 0.1) is 5.41 Å². The van der Waals surface area contributed by atoms with Crippen LogP contribution in [0.4, 0.5) is 13.2 Å². The highest BCUT2D eigenvalue weighted by Crippen LogP contribution is 2.64. The Labute approximate surface area is 199 Å². The van der Waals surface area contributed by atoms with Crippen molar-refractivity contribution in [3.8, 4) is 11.4 Å². The van der Waals surface area contributed by atoms with Crippen LogP contribution in [0.2, 0.25) is 0 Å². The topological polar surface area (TPSA) is 66.8 Å². The molecular weight excluding hydrogens is 463 g/mol. The second kappa shape index (κ2) is 8.88. The first kappa shape index (κ1) is 23.2. The molecule has 1 saturated heterocycles. The zero-order chi connectivity index (χ0) is 23.9. The number of hydrogen-bond acceptors (Lipinski definition) is 5. The number of alkyl halides is 3. The monoisotopic (exact) mass is 489 g/mol. The number of H-pyrrole nitrogens is 1. The average Bonchev–Trinajstić information content (AvgIpc) is 3.14. The molecule has 1 N–H and O–H groups in total. The van der Waals surface area contributed by atoms with Gasteiger partial charge in [0.25, 0.3) is 0 Å². The molecule has 3 heterocycles. The highest BCUT2D eigenvalue weighted by atomic mass is 32.2. The van der Waals surface area contributed by atoms with Crippen LogP contribution in [0.15, 0.2) is 52.5 Å². The van der Waals surface area contributed by atoms with E-state index in [0.717, 1.165) is 60.9 Å². The van der Waals surface area contributed by atoms with Crippen molar-refractivity contribution in [3.63, 3.8) is 0 Å². The molecule has 2 aliphatic rings. The van der Waals surface area contributed by atoms with Gasteiger partial charge in [0.1, 0.15) is 0 Å². The number of likely N-dealkylation sites (tertiary alicyclic amines) is 1. The second-order valence-electron chi connectivity index (χ2n) is 9.27. The Kier molecular flexibility index (Phi) is 6.05. The number of nitrogens with one attached hydrogen (secondary N) is 1. The van der Waals surface area contributed by atoms with Gasteiger partial charge >= 0.3 is 6.18 Å². The Morgan fingerprint density at radius 1 is 1.21 bits per heavy atom. The molecule has 6 nitrogen and oxygen atoms in total. The summed E-state index contributed by atoms with van der Waals surface area (Å²) in [5, 5.41) is 9.32. The molecule has 1 spiro atoms. The summed E-state index contributed by atoms with van der Waals surface area (Å²) < 4.78 is 40.4. The van der Waals surface area contributed by atoms with Crippen LogP contribution < -0.4 is 5.56 Å². The van der Waals surface area contributed by atoms with E-state index in [4.69, 9.17) is 0 Å². The zero-order valence-corrected chi connectivity index (χ0v) is 19.6. The van der Waals surface area contributed by atoms with Gasteiger partial charge in [0.05, 0.1) is 5.56 Å². The first-order valence-corrected chi connectivity index (χ1v) is 12.3. The lowest BCUT2D eigenvalue weighted by Gasteiger charge is -2.16. The van der Waals surface area contributed by atoms with E-state index >= 15 is 0 Å². The Morgan fingerprint density at radius 3 is 2.74 bits per heavy atom. The summed E-state index contributed by atoms with van der Waals surface area (Å²) in [4.78, 5) is 16.6. The largest absolute Gasteiger partial charge is 0.416 e. The number of halogens is 3. The molecule has 0 amide bonds. The van der Waals surface area contributed by atoms with Gasteiger partial charge in [-0.2, -0.15) is 13.2 Å². The van der Waals surface area contributed by atoms with E-state index in [1.165, 1.54) is 18.2 Å². The molecule has 3 aromatic rings. The fourth-order valence-electron chi connectivity index (χ4n) is 5.08. The smallest absolute Gasteiger partial charge is 0.329 e. The molecule has 1 aromatic carbocycles. The molecule has 2 atom stereocenters. The highest BCUT2D eigenvalue weighted by Gasteiger charge is 2.57. The minimum absolute atomic E-state index is 0.172. The van der Waals surface area contributed by atoms with Gasteiger partial charge < -0.3 is 14.5 Å². The summed E-state index contributed by atoms with van der Waals surface area (Å²) in [6.45, 7) is 3.05. The maximum Gasteiger partial charge on any atom is 0.416 e. The molecule has 5 rings (SSSR count). The first-order chi connectivity index (χ1) is 16.2. The van der Waals surface area contributed by atoms with Crippen molar-refractivity contribution in [1.82, 2.24) is 24.6 Å².